The Balaban J connectivity index is 1.90. The van der Waals surface area contributed by atoms with Crippen LogP contribution >= 0.6 is 0 Å². The molecule has 1 aliphatic rings. The predicted molar refractivity (Wildman–Crippen MR) is 85.4 cm³/mol. The van der Waals surface area contributed by atoms with Crippen LogP contribution < -0.4 is 16.4 Å². The molecule has 4 nitrogen and oxygen atoms in total. The lowest BCUT2D eigenvalue weighted by Gasteiger charge is -2.25. The molecule has 0 radical (unpaired) electrons. The summed E-state index contributed by atoms with van der Waals surface area (Å²) in [4.78, 5) is 13.7. The average Bonchev–Trinajstić information content (AvgIpc) is 2.70. The monoisotopic (exact) mass is 281 g/mol. The van der Waals surface area contributed by atoms with Gasteiger partial charge in [0.05, 0.1) is 16.9 Å². The van der Waals surface area contributed by atoms with Crippen molar-refractivity contribution in [3.8, 4) is 0 Å². The molecule has 1 amide bonds. The van der Waals surface area contributed by atoms with Gasteiger partial charge in [-0.15, -0.1) is 0 Å². The van der Waals surface area contributed by atoms with E-state index in [0.717, 1.165) is 31.6 Å². The molecule has 0 saturated heterocycles. The van der Waals surface area contributed by atoms with Gasteiger partial charge >= 0.3 is 0 Å². The third-order valence-corrected chi connectivity index (χ3v) is 4.11. The Kier molecular flexibility index (Phi) is 3.52. The van der Waals surface area contributed by atoms with Gasteiger partial charge in [0.15, 0.2) is 0 Å². The molecular weight excluding hydrogens is 262 g/mol. The molecule has 0 spiro atoms. The van der Waals surface area contributed by atoms with E-state index in [9.17, 15) is 4.79 Å². The van der Waals surface area contributed by atoms with E-state index in [1.165, 1.54) is 11.1 Å². The number of para-hydroxylation sites is 1. The molecule has 1 aliphatic heterocycles. The number of nitrogens with two attached hydrogens (primary N) is 2. The zero-order valence-corrected chi connectivity index (χ0v) is 11.9. The third kappa shape index (κ3) is 2.57. The second kappa shape index (κ2) is 5.48. The molecule has 0 atom stereocenters. The van der Waals surface area contributed by atoms with Crippen LogP contribution in [-0.4, -0.2) is 19.0 Å². The first-order chi connectivity index (χ1) is 10.2. The van der Waals surface area contributed by atoms with Crippen LogP contribution in [0.2, 0.25) is 0 Å². The highest BCUT2D eigenvalue weighted by Gasteiger charge is 2.18. The Hall–Kier alpha value is -2.49. The van der Waals surface area contributed by atoms with Gasteiger partial charge in [-0.05, 0) is 36.1 Å². The fraction of sp³-hybridized carbons (Fsp3) is 0.235. The van der Waals surface area contributed by atoms with Crippen LogP contribution in [0.4, 0.5) is 11.4 Å². The third-order valence-electron chi connectivity index (χ3n) is 4.11. The molecule has 0 bridgehead atoms. The second-order valence-electron chi connectivity index (χ2n) is 5.36. The zero-order valence-electron chi connectivity index (χ0n) is 11.9. The largest absolute Gasteiger partial charge is 0.396 e. The van der Waals surface area contributed by atoms with E-state index in [4.69, 9.17) is 11.5 Å². The number of hydrogen-bond acceptors (Lipinski definition) is 3. The molecule has 108 valence electrons. The Morgan fingerprint density at radius 2 is 1.57 bits per heavy atom. The number of hydrogen-bond donors (Lipinski definition) is 2. The zero-order chi connectivity index (χ0) is 14.8. The van der Waals surface area contributed by atoms with Crippen LogP contribution in [0.5, 0.6) is 0 Å². The van der Waals surface area contributed by atoms with Gasteiger partial charge in [0, 0.05) is 13.1 Å². The number of nitrogens with zero attached hydrogens (tertiary/aromatic N) is 1. The quantitative estimate of drug-likeness (QED) is 0.827. The Morgan fingerprint density at radius 1 is 0.952 bits per heavy atom. The van der Waals surface area contributed by atoms with E-state index >= 15 is 0 Å². The summed E-state index contributed by atoms with van der Waals surface area (Å²) in [7, 11) is 0. The number of anilines is 2. The van der Waals surface area contributed by atoms with E-state index in [-0.39, 0.29) is 0 Å². The standard InChI is InChI=1S/C17H19N3O/c18-16-14(17(19)21)6-3-7-15(16)20-10-8-12-4-1-2-5-13(12)9-11-20/h1-7H,8-11,18H2,(H2,19,21). The van der Waals surface area contributed by atoms with Gasteiger partial charge in [0.2, 0.25) is 0 Å². The van der Waals surface area contributed by atoms with E-state index in [2.05, 4.69) is 29.2 Å². The molecule has 3 rings (SSSR count). The summed E-state index contributed by atoms with van der Waals surface area (Å²) < 4.78 is 0. The van der Waals surface area contributed by atoms with Gasteiger partial charge < -0.3 is 16.4 Å². The van der Waals surface area contributed by atoms with Crippen molar-refractivity contribution in [2.24, 2.45) is 5.73 Å². The van der Waals surface area contributed by atoms with Crippen LogP contribution in [0.1, 0.15) is 21.5 Å². The highest BCUT2D eigenvalue weighted by atomic mass is 16.1. The van der Waals surface area contributed by atoms with E-state index in [0.29, 0.717) is 11.3 Å². The van der Waals surface area contributed by atoms with Crippen molar-refractivity contribution in [1.29, 1.82) is 0 Å². The van der Waals surface area contributed by atoms with Crippen molar-refractivity contribution >= 4 is 17.3 Å². The molecule has 0 aromatic heterocycles. The van der Waals surface area contributed by atoms with E-state index < -0.39 is 5.91 Å². The molecule has 0 saturated carbocycles. The van der Waals surface area contributed by atoms with Gasteiger partial charge in [0.25, 0.3) is 5.91 Å². The maximum Gasteiger partial charge on any atom is 0.250 e. The average molecular weight is 281 g/mol. The molecule has 2 aromatic carbocycles. The van der Waals surface area contributed by atoms with Crippen molar-refractivity contribution < 1.29 is 4.79 Å². The normalized spacial score (nSPS) is 14.4. The molecule has 0 fully saturated rings. The summed E-state index contributed by atoms with van der Waals surface area (Å²) in [5.74, 6) is -0.479. The summed E-state index contributed by atoms with van der Waals surface area (Å²) in [5, 5.41) is 0. The van der Waals surface area contributed by atoms with Crippen molar-refractivity contribution in [1.82, 2.24) is 0 Å². The lowest BCUT2D eigenvalue weighted by atomic mass is 10.0. The number of rotatable bonds is 2. The minimum absolute atomic E-state index is 0.397. The molecular formula is C17H19N3O. The number of primary amides is 1. The number of fused-ring (bicyclic) bond motifs is 1. The first kappa shape index (κ1) is 13.5. The lowest BCUT2D eigenvalue weighted by molar-refractivity contribution is 0.100. The topological polar surface area (TPSA) is 72.4 Å². The van der Waals surface area contributed by atoms with Crippen molar-refractivity contribution in [3.63, 3.8) is 0 Å². The molecule has 0 aliphatic carbocycles. The molecule has 4 heteroatoms. The number of amides is 1. The number of benzene rings is 2. The van der Waals surface area contributed by atoms with Gasteiger partial charge in [0.1, 0.15) is 0 Å². The number of carbonyl (C=O) groups excluding carboxylic acids is 1. The fourth-order valence-electron chi connectivity index (χ4n) is 2.95. The van der Waals surface area contributed by atoms with Crippen LogP contribution in [0.3, 0.4) is 0 Å². The maximum atomic E-state index is 11.4. The van der Waals surface area contributed by atoms with Gasteiger partial charge in [-0.2, -0.15) is 0 Å². The minimum Gasteiger partial charge on any atom is -0.396 e. The van der Waals surface area contributed by atoms with Crippen molar-refractivity contribution in [3.05, 3.63) is 59.2 Å². The molecule has 2 aromatic rings. The summed E-state index contributed by atoms with van der Waals surface area (Å²) >= 11 is 0. The number of nitrogen functional groups attached to an aromatic ring is 1. The first-order valence-electron chi connectivity index (χ1n) is 7.17. The Labute approximate surface area is 124 Å². The van der Waals surface area contributed by atoms with E-state index in [1.54, 1.807) is 6.07 Å². The van der Waals surface area contributed by atoms with Gasteiger partial charge in [-0.3, -0.25) is 4.79 Å². The summed E-state index contributed by atoms with van der Waals surface area (Å²) in [6.45, 7) is 1.78. The summed E-state index contributed by atoms with van der Waals surface area (Å²) in [6.07, 6.45) is 1.97. The summed E-state index contributed by atoms with van der Waals surface area (Å²) in [6, 6.07) is 14.0. The second-order valence-corrected chi connectivity index (χ2v) is 5.36. The molecule has 4 N–H and O–H groups in total. The maximum absolute atomic E-state index is 11.4. The Morgan fingerprint density at radius 3 is 2.14 bits per heavy atom. The molecule has 21 heavy (non-hydrogen) atoms. The highest BCUT2D eigenvalue weighted by molar-refractivity contribution is 6.00. The predicted octanol–water partition coefficient (Wildman–Crippen LogP) is 1.97. The minimum atomic E-state index is -0.479. The van der Waals surface area contributed by atoms with Gasteiger partial charge in [-0.1, -0.05) is 30.3 Å². The lowest BCUT2D eigenvalue weighted by Crippen LogP contribution is -2.27. The smallest absolute Gasteiger partial charge is 0.250 e. The van der Waals surface area contributed by atoms with Crippen LogP contribution in [0.15, 0.2) is 42.5 Å². The molecule has 1 heterocycles. The van der Waals surface area contributed by atoms with Crippen LogP contribution in [-0.2, 0) is 12.8 Å². The van der Waals surface area contributed by atoms with Crippen LogP contribution in [0, 0.1) is 0 Å². The molecule has 0 unspecified atom stereocenters. The number of carbonyl (C=O) groups is 1. The fourth-order valence-corrected chi connectivity index (χ4v) is 2.95. The Bertz CT molecular complexity index is 654. The van der Waals surface area contributed by atoms with E-state index in [1.807, 2.05) is 12.1 Å². The summed E-state index contributed by atoms with van der Waals surface area (Å²) in [5.41, 5.74) is 16.1. The highest BCUT2D eigenvalue weighted by Crippen LogP contribution is 2.28. The SMILES string of the molecule is NC(=O)c1cccc(N2CCc3ccccc3CC2)c1N. The first-order valence-corrected chi connectivity index (χ1v) is 7.17. The van der Waals surface area contributed by atoms with Gasteiger partial charge in [-0.25, -0.2) is 0 Å². The van der Waals surface area contributed by atoms with Crippen molar-refractivity contribution in [2.45, 2.75) is 12.8 Å². The van der Waals surface area contributed by atoms with Crippen molar-refractivity contribution in [2.75, 3.05) is 23.7 Å². The van der Waals surface area contributed by atoms with Crippen LogP contribution in [0.25, 0.3) is 0 Å².